The highest BCUT2D eigenvalue weighted by atomic mass is 127. The number of halogens is 2. The van der Waals surface area contributed by atoms with Crippen molar-refractivity contribution in [2.45, 2.75) is 6.92 Å². The first-order valence-corrected chi connectivity index (χ1v) is 8.35. The Morgan fingerprint density at radius 1 is 1.32 bits per heavy atom. The van der Waals surface area contributed by atoms with E-state index in [9.17, 15) is 9.59 Å². The lowest BCUT2D eigenvalue weighted by atomic mass is 10.2. The second-order valence-electron chi connectivity index (χ2n) is 3.60. The van der Waals surface area contributed by atoms with E-state index in [1.807, 2.05) is 19.1 Å². The van der Waals surface area contributed by atoms with Gasteiger partial charge in [-0.2, -0.15) is 0 Å². The number of rotatable bonds is 3. The summed E-state index contributed by atoms with van der Waals surface area (Å²) in [5, 5.41) is 1.91. The van der Waals surface area contributed by atoms with Crippen molar-refractivity contribution >= 4 is 74.2 Å². The lowest BCUT2D eigenvalue weighted by Crippen LogP contribution is -2.17. The summed E-state index contributed by atoms with van der Waals surface area (Å²) in [7, 11) is 0. The maximum Gasteiger partial charge on any atom is 0.290 e. The SMILES string of the molecule is CCOc1c(I)cc(/C=C2/SC(=O)NC2=O)cc1I. The van der Waals surface area contributed by atoms with E-state index in [0.29, 0.717) is 11.5 Å². The van der Waals surface area contributed by atoms with Gasteiger partial charge in [-0.05, 0) is 87.6 Å². The largest absolute Gasteiger partial charge is 0.492 e. The van der Waals surface area contributed by atoms with E-state index in [2.05, 4.69) is 50.5 Å². The molecule has 0 atom stereocenters. The van der Waals surface area contributed by atoms with E-state index < -0.39 is 0 Å². The first-order chi connectivity index (χ1) is 9.01. The van der Waals surface area contributed by atoms with Crippen molar-refractivity contribution in [3.05, 3.63) is 29.7 Å². The van der Waals surface area contributed by atoms with Crippen molar-refractivity contribution in [2.24, 2.45) is 0 Å². The van der Waals surface area contributed by atoms with Crippen molar-refractivity contribution in [3.8, 4) is 5.75 Å². The van der Waals surface area contributed by atoms with Crippen LogP contribution in [0.2, 0.25) is 0 Å². The predicted molar refractivity (Wildman–Crippen MR) is 92.2 cm³/mol. The van der Waals surface area contributed by atoms with Gasteiger partial charge < -0.3 is 4.74 Å². The Morgan fingerprint density at radius 3 is 2.42 bits per heavy atom. The smallest absolute Gasteiger partial charge is 0.290 e. The predicted octanol–water partition coefficient (Wildman–Crippen LogP) is 3.62. The average Bonchev–Trinajstić information content (AvgIpc) is 2.62. The van der Waals surface area contributed by atoms with Crippen LogP contribution >= 0.6 is 56.9 Å². The zero-order valence-corrected chi connectivity index (χ0v) is 15.0. The Kier molecular flexibility index (Phi) is 5.12. The van der Waals surface area contributed by atoms with Crippen LogP contribution in [0.15, 0.2) is 17.0 Å². The summed E-state index contributed by atoms with van der Waals surface area (Å²) in [5.41, 5.74) is 0.879. The summed E-state index contributed by atoms with van der Waals surface area (Å²) >= 11 is 5.32. The molecule has 100 valence electrons. The molecular formula is C12H9I2NO3S. The maximum atomic E-state index is 11.5. The second-order valence-corrected chi connectivity index (χ2v) is 6.94. The van der Waals surface area contributed by atoms with E-state index >= 15 is 0 Å². The molecule has 1 aromatic rings. The van der Waals surface area contributed by atoms with E-state index in [1.54, 1.807) is 6.08 Å². The van der Waals surface area contributed by atoms with E-state index in [-0.39, 0.29) is 11.1 Å². The molecule has 4 nitrogen and oxygen atoms in total. The third-order valence-electron chi connectivity index (χ3n) is 2.25. The van der Waals surface area contributed by atoms with Gasteiger partial charge in [-0.1, -0.05) is 0 Å². The highest BCUT2D eigenvalue weighted by molar-refractivity contribution is 14.1. The standard InChI is InChI=1S/C12H9I2NO3S/c1-2-18-10-7(13)3-6(4-8(10)14)5-9-11(16)15-12(17)19-9/h3-5H,2H2,1H3,(H,15,16,17)/b9-5+. The zero-order valence-electron chi connectivity index (χ0n) is 9.83. The first kappa shape index (κ1) is 15.1. The van der Waals surface area contributed by atoms with E-state index in [1.165, 1.54) is 0 Å². The molecule has 0 spiro atoms. The molecule has 0 aromatic heterocycles. The van der Waals surface area contributed by atoms with Crippen LogP contribution < -0.4 is 10.1 Å². The van der Waals surface area contributed by atoms with Crippen LogP contribution in [-0.4, -0.2) is 17.8 Å². The van der Waals surface area contributed by atoms with Gasteiger partial charge in [-0.3, -0.25) is 14.9 Å². The number of ether oxygens (including phenoxy) is 1. The summed E-state index contributed by atoms with van der Waals surface area (Å²) in [5.74, 6) is 0.513. The van der Waals surface area contributed by atoms with Gasteiger partial charge in [-0.15, -0.1) is 0 Å². The van der Waals surface area contributed by atoms with Gasteiger partial charge in [0.25, 0.3) is 11.1 Å². The van der Waals surface area contributed by atoms with Crippen LogP contribution in [0.25, 0.3) is 6.08 Å². The van der Waals surface area contributed by atoms with E-state index in [0.717, 1.165) is 30.2 Å². The molecule has 0 aliphatic carbocycles. The Bertz CT molecular complexity index is 563. The lowest BCUT2D eigenvalue weighted by Gasteiger charge is -2.09. The van der Waals surface area contributed by atoms with Crippen molar-refractivity contribution in [3.63, 3.8) is 0 Å². The second kappa shape index (κ2) is 6.44. The molecule has 1 heterocycles. The third kappa shape index (κ3) is 3.63. The summed E-state index contributed by atoms with van der Waals surface area (Å²) in [6.45, 7) is 2.55. The molecule has 0 saturated carbocycles. The van der Waals surface area contributed by atoms with Crippen molar-refractivity contribution in [2.75, 3.05) is 6.61 Å². The Labute approximate surface area is 142 Å². The molecule has 1 fully saturated rings. The Morgan fingerprint density at radius 2 is 1.95 bits per heavy atom. The fourth-order valence-electron chi connectivity index (χ4n) is 1.52. The van der Waals surface area contributed by atoms with Gasteiger partial charge >= 0.3 is 0 Å². The van der Waals surface area contributed by atoms with Gasteiger partial charge in [0.05, 0.1) is 18.7 Å². The summed E-state index contributed by atoms with van der Waals surface area (Å²) in [4.78, 5) is 23.0. The number of nitrogens with one attached hydrogen (secondary N) is 1. The topological polar surface area (TPSA) is 55.4 Å². The van der Waals surface area contributed by atoms with Crippen molar-refractivity contribution in [1.82, 2.24) is 5.32 Å². The lowest BCUT2D eigenvalue weighted by molar-refractivity contribution is -0.115. The summed E-state index contributed by atoms with van der Waals surface area (Å²) in [6.07, 6.45) is 1.71. The first-order valence-electron chi connectivity index (χ1n) is 5.38. The molecule has 19 heavy (non-hydrogen) atoms. The molecule has 0 bridgehead atoms. The number of hydrogen-bond donors (Lipinski definition) is 1. The van der Waals surface area contributed by atoms with Crippen LogP contribution in [0.3, 0.4) is 0 Å². The quantitative estimate of drug-likeness (QED) is 0.509. The highest BCUT2D eigenvalue weighted by Crippen LogP contribution is 2.31. The number of amides is 2. The van der Waals surface area contributed by atoms with E-state index in [4.69, 9.17) is 4.74 Å². The van der Waals surface area contributed by atoms with Crippen molar-refractivity contribution in [1.29, 1.82) is 0 Å². The minimum absolute atomic E-state index is 0.327. The number of thioether (sulfide) groups is 1. The van der Waals surface area contributed by atoms with Crippen molar-refractivity contribution < 1.29 is 14.3 Å². The minimum Gasteiger partial charge on any atom is -0.492 e. The number of benzene rings is 1. The molecule has 1 N–H and O–H groups in total. The maximum absolute atomic E-state index is 11.5. The van der Waals surface area contributed by atoms with Crippen LogP contribution in [-0.2, 0) is 4.79 Å². The van der Waals surface area contributed by atoms with Crippen LogP contribution in [0.4, 0.5) is 4.79 Å². The Balaban J connectivity index is 2.35. The average molecular weight is 501 g/mol. The monoisotopic (exact) mass is 501 g/mol. The number of hydrogen-bond acceptors (Lipinski definition) is 4. The van der Waals surface area contributed by atoms with Crippen LogP contribution in [0.1, 0.15) is 12.5 Å². The fraction of sp³-hybridized carbons (Fsp3) is 0.167. The Hall–Kier alpha value is -0.290. The van der Waals surface area contributed by atoms with Crippen LogP contribution in [0.5, 0.6) is 5.75 Å². The molecule has 1 aliphatic heterocycles. The number of imide groups is 1. The van der Waals surface area contributed by atoms with Gasteiger partial charge in [0.2, 0.25) is 0 Å². The molecule has 0 radical (unpaired) electrons. The molecule has 2 rings (SSSR count). The molecular weight excluding hydrogens is 492 g/mol. The molecule has 2 amide bonds. The zero-order chi connectivity index (χ0) is 14.0. The van der Waals surface area contributed by atoms with Crippen LogP contribution in [0, 0.1) is 7.14 Å². The fourth-order valence-corrected chi connectivity index (χ4v) is 4.33. The number of carbonyl (C=O) groups excluding carboxylic acids is 2. The highest BCUT2D eigenvalue weighted by Gasteiger charge is 2.25. The molecule has 7 heteroatoms. The molecule has 0 unspecified atom stereocenters. The normalized spacial score (nSPS) is 16.9. The van der Waals surface area contributed by atoms with Gasteiger partial charge in [0.1, 0.15) is 5.75 Å². The summed E-state index contributed by atoms with van der Waals surface area (Å²) < 4.78 is 7.52. The number of carbonyl (C=O) groups is 2. The molecule has 1 aliphatic rings. The molecule has 1 aromatic carbocycles. The molecule has 1 saturated heterocycles. The van der Waals surface area contributed by atoms with Gasteiger partial charge in [0, 0.05) is 0 Å². The minimum atomic E-state index is -0.339. The van der Waals surface area contributed by atoms with Gasteiger partial charge in [-0.25, -0.2) is 0 Å². The van der Waals surface area contributed by atoms with Gasteiger partial charge in [0.15, 0.2) is 0 Å². The summed E-state index contributed by atoms with van der Waals surface area (Å²) in [6, 6.07) is 3.86. The third-order valence-corrected chi connectivity index (χ3v) is 4.66.